The van der Waals surface area contributed by atoms with Crippen molar-refractivity contribution in [2.45, 2.75) is 17.9 Å². The Labute approximate surface area is 106 Å². The van der Waals surface area contributed by atoms with Crippen LogP contribution in [0.15, 0.2) is 29.2 Å². The number of carbonyl (C=O) groups excluding carboxylic acids is 1. The third-order valence-electron chi connectivity index (χ3n) is 2.13. The number of ether oxygens (including phenoxy) is 1. The number of benzene rings is 1. The summed E-state index contributed by atoms with van der Waals surface area (Å²) in [4.78, 5) is 12.8. The zero-order chi connectivity index (χ0) is 12.7. The summed E-state index contributed by atoms with van der Waals surface area (Å²) in [5, 5.41) is 2.82. The zero-order valence-electron chi connectivity index (χ0n) is 10.1. The lowest BCUT2D eigenvalue weighted by molar-refractivity contribution is -0.118. The maximum atomic E-state index is 11.7. The molecule has 1 amide bonds. The van der Waals surface area contributed by atoms with E-state index >= 15 is 0 Å². The highest BCUT2D eigenvalue weighted by Gasteiger charge is 2.14. The van der Waals surface area contributed by atoms with Crippen LogP contribution >= 0.6 is 11.8 Å². The number of hydrogen-bond donors (Lipinski definition) is 2. The molecule has 1 unspecified atom stereocenters. The van der Waals surface area contributed by atoms with Crippen LogP contribution in [0.2, 0.25) is 0 Å². The summed E-state index contributed by atoms with van der Waals surface area (Å²) in [7, 11) is 1.52. The van der Waals surface area contributed by atoms with Crippen LogP contribution in [0.5, 0.6) is 0 Å². The maximum absolute atomic E-state index is 11.7. The molecule has 0 saturated heterocycles. The third-order valence-corrected chi connectivity index (χ3v) is 3.08. The van der Waals surface area contributed by atoms with Crippen molar-refractivity contribution < 1.29 is 9.53 Å². The number of amides is 1. The highest BCUT2D eigenvalue weighted by molar-refractivity contribution is 7.99. The van der Waals surface area contributed by atoms with Crippen molar-refractivity contribution in [1.82, 2.24) is 0 Å². The molecule has 0 spiro atoms. The third kappa shape index (κ3) is 4.38. The molecule has 1 aromatic carbocycles. The second kappa shape index (κ2) is 7.32. The van der Waals surface area contributed by atoms with E-state index < -0.39 is 6.04 Å². The fraction of sp³-hybridized carbons (Fsp3) is 0.417. The first-order valence-electron chi connectivity index (χ1n) is 5.46. The van der Waals surface area contributed by atoms with Gasteiger partial charge >= 0.3 is 0 Å². The first-order chi connectivity index (χ1) is 8.19. The second-order valence-corrected chi connectivity index (χ2v) is 4.79. The van der Waals surface area contributed by atoms with E-state index in [4.69, 9.17) is 10.5 Å². The molecule has 3 N–H and O–H groups in total. The minimum Gasteiger partial charge on any atom is -0.383 e. The number of para-hydroxylation sites is 1. The topological polar surface area (TPSA) is 64.4 Å². The summed E-state index contributed by atoms with van der Waals surface area (Å²) >= 11 is 1.68. The smallest absolute Gasteiger partial charge is 0.243 e. The first kappa shape index (κ1) is 14.0. The molecule has 17 heavy (non-hydrogen) atoms. The molecule has 5 heteroatoms. The quantitative estimate of drug-likeness (QED) is 0.759. The van der Waals surface area contributed by atoms with Gasteiger partial charge in [0.05, 0.1) is 12.3 Å². The lowest BCUT2D eigenvalue weighted by atomic mass is 10.2. The van der Waals surface area contributed by atoms with Crippen LogP contribution < -0.4 is 11.1 Å². The SMILES string of the molecule is CCSc1ccccc1NC(=O)C(N)COC. The van der Waals surface area contributed by atoms with Gasteiger partial charge in [-0.15, -0.1) is 11.8 Å². The van der Waals surface area contributed by atoms with Gasteiger partial charge < -0.3 is 15.8 Å². The second-order valence-electron chi connectivity index (χ2n) is 3.48. The van der Waals surface area contributed by atoms with Gasteiger partial charge in [-0.05, 0) is 17.9 Å². The molecule has 0 aromatic heterocycles. The molecule has 0 fully saturated rings. The number of hydrogen-bond acceptors (Lipinski definition) is 4. The van der Waals surface area contributed by atoms with E-state index in [2.05, 4.69) is 12.2 Å². The molecule has 0 radical (unpaired) electrons. The number of nitrogens with two attached hydrogens (primary N) is 1. The Kier molecular flexibility index (Phi) is 6.04. The van der Waals surface area contributed by atoms with Crippen LogP contribution in [0.4, 0.5) is 5.69 Å². The van der Waals surface area contributed by atoms with Crippen LogP contribution in [0.25, 0.3) is 0 Å². The summed E-state index contributed by atoms with van der Waals surface area (Å²) in [6.07, 6.45) is 0. The van der Waals surface area contributed by atoms with Crippen LogP contribution in [0, 0.1) is 0 Å². The van der Waals surface area contributed by atoms with Gasteiger partial charge in [-0.25, -0.2) is 0 Å². The Morgan fingerprint density at radius 3 is 2.88 bits per heavy atom. The summed E-state index contributed by atoms with van der Waals surface area (Å²) < 4.78 is 4.85. The predicted octanol–water partition coefficient (Wildman–Crippen LogP) is 1.71. The standard InChI is InChI=1S/C12H18N2O2S/c1-3-17-11-7-5-4-6-10(11)14-12(15)9(13)8-16-2/h4-7,9H,3,8,13H2,1-2H3,(H,14,15). The molecule has 0 aliphatic heterocycles. The van der Waals surface area contributed by atoms with Crippen molar-refractivity contribution in [3.8, 4) is 0 Å². The molecular formula is C12H18N2O2S. The van der Waals surface area contributed by atoms with Crippen molar-refractivity contribution in [2.75, 3.05) is 24.8 Å². The molecule has 1 aromatic rings. The summed E-state index contributed by atoms with van der Waals surface area (Å²) in [6.45, 7) is 2.29. The number of carbonyl (C=O) groups is 1. The van der Waals surface area contributed by atoms with Crippen LogP contribution in [0.3, 0.4) is 0 Å². The van der Waals surface area contributed by atoms with Gasteiger partial charge in [0.2, 0.25) is 5.91 Å². The number of rotatable bonds is 6. The molecule has 0 aliphatic carbocycles. The predicted molar refractivity (Wildman–Crippen MR) is 71.3 cm³/mol. The Morgan fingerprint density at radius 1 is 1.53 bits per heavy atom. The molecule has 1 atom stereocenters. The van der Waals surface area contributed by atoms with E-state index in [9.17, 15) is 4.79 Å². The van der Waals surface area contributed by atoms with Gasteiger partial charge in [0.1, 0.15) is 6.04 Å². The van der Waals surface area contributed by atoms with Gasteiger partial charge in [-0.2, -0.15) is 0 Å². The molecule has 0 saturated carbocycles. The fourth-order valence-electron chi connectivity index (χ4n) is 1.33. The van der Waals surface area contributed by atoms with Gasteiger partial charge in [0, 0.05) is 12.0 Å². The molecule has 0 heterocycles. The number of methoxy groups -OCH3 is 1. The Bertz CT molecular complexity index is 371. The Balaban J connectivity index is 2.70. The van der Waals surface area contributed by atoms with E-state index in [0.717, 1.165) is 16.3 Å². The average molecular weight is 254 g/mol. The monoisotopic (exact) mass is 254 g/mol. The Hall–Kier alpha value is -1.04. The van der Waals surface area contributed by atoms with Gasteiger partial charge in [-0.1, -0.05) is 19.1 Å². The lowest BCUT2D eigenvalue weighted by Gasteiger charge is -2.13. The van der Waals surface area contributed by atoms with E-state index in [1.807, 2.05) is 24.3 Å². The molecular weight excluding hydrogens is 236 g/mol. The van der Waals surface area contributed by atoms with E-state index in [1.54, 1.807) is 11.8 Å². The van der Waals surface area contributed by atoms with Crippen molar-refractivity contribution in [2.24, 2.45) is 5.73 Å². The number of thioether (sulfide) groups is 1. The number of nitrogens with one attached hydrogen (secondary N) is 1. The van der Waals surface area contributed by atoms with E-state index in [-0.39, 0.29) is 12.5 Å². The highest BCUT2D eigenvalue weighted by atomic mass is 32.2. The molecule has 0 aliphatic rings. The maximum Gasteiger partial charge on any atom is 0.243 e. The minimum atomic E-state index is -0.639. The number of anilines is 1. The normalized spacial score (nSPS) is 12.2. The Morgan fingerprint density at radius 2 is 2.24 bits per heavy atom. The van der Waals surface area contributed by atoms with Gasteiger partial charge in [-0.3, -0.25) is 4.79 Å². The molecule has 1 rings (SSSR count). The lowest BCUT2D eigenvalue weighted by Crippen LogP contribution is -2.39. The molecule has 4 nitrogen and oxygen atoms in total. The minimum absolute atomic E-state index is 0.217. The van der Waals surface area contributed by atoms with E-state index in [1.165, 1.54) is 7.11 Å². The summed E-state index contributed by atoms with van der Waals surface area (Å²) in [6, 6.07) is 7.04. The van der Waals surface area contributed by atoms with Crippen molar-refractivity contribution >= 4 is 23.4 Å². The van der Waals surface area contributed by atoms with E-state index in [0.29, 0.717) is 0 Å². The highest BCUT2D eigenvalue weighted by Crippen LogP contribution is 2.26. The average Bonchev–Trinajstić information content (AvgIpc) is 2.32. The van der Waals surface area contributed by atoms with Crippen molar-refractivity contribution in [3.05, 3.63) is 24.3 Å². The first-order valence-corrected chi connectivity index (χ1v) is 6.44. The summed E-state index contributed by atoms with van der Waals surface area (Å²) in [5.74, 6) is 0.729. The van der Waals surface area contributed by atoms with Crippen LogP contribution in [-0.2, 0) is 9.53 Å². The molecule has 0 bridgehead atoms. The van der Waals surface area contributed by atoms with Crippen molar-refractivity contribution in [1.29, 1.82) is 0 Å². The molecule has 94 valence electrons. The fourth-order valence-corrected chi connectivity index (χ4v) is 2.09. The van der Waals surface area contributed by atoms with Crippen molar-refractivity contribution in [3.63, 3.8) is 0 Å². The van der Waals surface area contributed by atoms with Crippen LogP contribution in [0.1, 0.15) is 6.92 Å². The zero-order valence-corrected chi connectivity index (χ0v) is 10.9. The van der Waals surface area contributed by atoms with Crippen LogP contribution in [-0.4, -0.2) is 31.4 Å². The van der Waals surface area contributed by atoms with Gasteiger partial charge in [0.15, 0.2) is 0 Å². The van der Waals surface area contributed by atoms with Gasteiger partial charge in [0.25, 0.3) is 0 Å². The summed E-state index contributed by atoms with van der Waals surface area (Å²) in [5.41, 5.74) is 6.46. The largest absolute Gasteiger partial charge is 0.383 e.